The Morgan fingerprint density at radius 2 is 1.87 bits per heavy atom. The van der Waals surface area contributed by atoms with E-state index < -0.39 is 10.0 Å². The van der Waals surface area contributed by atoms with Gasteiger partial charge in [-0.05, 0) is 44.6 Å². The Balaban J connectivity index is 1.83. The van der Waals surface area contributed by atoms with Crippen LogP contribution in [0.25, 0.3) is 0 Å². The summed E-state index contributed by atoms with van der Waals surface area (Å²) in [7, 11) is 0.510. The minimum absolute atomic E-state index is 0.117. The van der Waals surface area contributed by atoms with Gasteiger partial charge >= 0.3 is 0 Å². The van der Waals surface area contributed by atoms with Crippen molar-refractivity contribution in [2.75, 3.05) is 26.4 Å². The van der Waals surface area contributed by atoms with Gasteiger partial charge in [-0.15, -0.1) is 0 Å². The average molecular weight is 336 g/mol. The zero-order valence-electron chi connectivity index (χ0n) is 13.6. The second-order valence-corrected chi connectivity index (χ2v) is 7.68. The van der Waals surface area contributed by atoms with Crippen LogP contribution in [0.3, 0.4) is 0 Å². The van der Waals surface area contributed by atoms with E-state index in [2.05, 4.69) is 4.72 Å². The molecule has 0 saturated heterocycles. The fourth-order valence-corrected chi connectivity index (χ4v) is 3.49. The molecule has 6 heteroatoms. The van der Waals surface area contributed by atoms with E-state index >= 15 is 0 Å². The van der Waals surface area contributed by atoms with Gasteiger partial charge in [-0.3, -0.25) is 4.90 Å². The molecule has 23 heavy (non-hydrogen) atoms. The molecule has 1 heterocycles. The van der Waals surface area contributed by atoms with E-state index in [-0.39, 0.29) is 11.8 Å². The summed E-state index contributed by atoms with van der Waals surface area (Å²) in [5.41, 5.74) is 1.16. The largest absolute Gasteiger partial charge is 0.468 e. The number of hydrogen-bond acceptors (Lipinski definition) is 4. The van der Waals surface area contributed by atoms with Gasteiger partial charge in [-0.1, -0.05) is 30.3 Å². The van der Waals surface area contributed by atoms with E-state index in [0.717, 1.165) is 17.7 Å². The molecule has 0 aliphatic rings. The van der Waals surface area contributed by atoms with E-state index in [0.29, 0.717) is 13.0 Å². The molecular formula is C17H24N2O3S. The van der Waals surface area contributed by atoms with Crippen molar-refractivity contribution in [2.45, 2.75) is 18.9 Å². The maximum absolute atomic E-state index is 12.2. The molecule has 5 nitrogen and oxygen atoms in total. The van der Waals surface area contributed by atoms with Crippen molar-refractivity contribution in [1.82, 2.24) is 9.62 Å². The van der Waals surface area contributed by atoms with Crippen molar-refractivity contribution in [3.05, 3.63) is 60.1 Å². The first-order valence-electron chi connectivity index (χ1n) is 7.69. The Kier molecular flexibility index (Phi) is 6.38. The lowest BCUT2D eigenvalue weighted by atomic mass is 10.1. The van der Waals surface area contributed by atoms with Crippen LogP contribution in [0.4, 0.5) is 0 Å². The normalized spacial score (nSPS) is 13.3. The smallest absolute Gasteiger partial charge is 0.211 e. The van der Waals surface area contributed by atoms with Crippen LogP contribution in [0.15, 0.2) is 53.1 Å². The summed E-state index contributed by atoms with van der Waals surface area (Å²) < 4.78 is 32.4. The maximum Gasteiger partial charge on any atom is 0.211 e. The molecule has 0 aliphatic carbocycles. The number of furan rings is 1. The Hall–Kier alpha value is -1.63. The first kappa shape index (κ1) is 17.7. The summed E-state index contributed by atoms with van der Waals surface area (Å²) in [5, 5.41) is 0. The summed E-state index contributed by atoms with van der Waals surface area (Å²) in [4.78, 5) is 1.94. The van der Waals surface area contributed by atoms with Crippen LogP contribution in [0.2, 0.25) is 0 Å². The Bertz CT molecular complexity index is 667. The molecule has 0 spiro atoms. The van der Waals surface area contributed by atoms with Gasteiger partial charge in [0, 0.05) is 6.54 Å². The number of likely N-dealkylation sites (N-methyl/N-ethyl adjacent to an activating group) is 1. The monoisotopic (exact) mass is 336 g/mol. The SMILES string of the molecule is CN(C)C(CNS(=O)(=O)CCCc1ccccc1)c1ccco1. The Labute approximate surface area is 138 Å². The predicted octanol–water partition coefficient (Wildman–Crippen LogP) is 2.43. The second kappa shape index (κ2) is 8.29. The fraction of sp³-hybridized carbons (Fsp3) is 0.412. The van der Waals surface area contributed by atoms with E-state index in [1.165, 1.54) is 0 Å². The number of nitrogens with one attached hydrogen (secondary N) is 1. The zero-order chi connectivity index (χ0) is 16.7. The number of aryl methyl sites for hydroxylation is 1. The molecule has 0 radical (unpaired) electrons. The van der Waals surface area contributed by atoms with Gasteiger partial charge in [0.25, 0.3) is 0 Å². The van der Waals surface area contributed by atoms with Crippen LogP contribution in [-0.2, 0) is 16.4 Å². The standard InChI is InChI=1S/C17H24N2O3S/c1-19(2)16(17-11-6-12-22-17)14-18-23(20,21)13-7-10-15-8-4-3-5-9-15/h3-6,8-9,11-12,16,18H,7,10,13-14H2,1-2H3. The number of nitrogens with zero attached hydrogens (tertiary/aromatic N) is 1. The van der Waals surface area contributed by atoms with Gasteiger partial charge in [0.2, 0.25) is 10.0 Å². The van der Waals surface area contributed by atoms with Gasteiger partial charge in [0.05, 0.1) is 18.1 Å². The minimum atomic E-state index is -3.29. The van der Waals surface area contributed by atoms with Gasteiger partial charge in [-0.25, -0.2) is 13.1 Å². The summed E-state index contributed by atoms with van der Waals surface area (Å²) in [6.07, 6.45) is 2.96. The van der Waals surface area contributed by atoms with Crippen molar-refractivity contribution in [3.63, 3.8) is 0 Å². The van der Waals surface area contributed by atoms with E-state index in [9.17, 15) is 8.42 Å². The molecule has 1 aromatic carbocycles. The quantitative estimate of drug-likeness (QED) is 0.764. The van der Waals surface area contributed by atoms with Gasteiger partial charge < -0.3 is 4.42 Å². The molecule has 126 valence electrons. The molecule has 0 bridgehead atoms. The highest BCUT2D eigenvalue weighted by Crippen LogP contribution is 2.17. The number of rotatable bonds is 9. The number of sulfonamides is 1. The molecular weight excluding hydrogens is 312 g/mol. The third-order valence-corrected chi connectivity index (χ3v) is 5.15. The third-order valence-electron chi connectivity index (χ3n) is 3.71. The fourth-order valence-electron chi connectivity index (χ4n) is 2.41. The van der Waals surface area contributed by atoms with E-state index in [4.69, 9.17) is 4.42 Å². The van der Waals surface area contributed by atoms with Gasteiger partial charge in [0.15, 0.2) is 0 Å². The first-order valence-corrected chi connectivity index (χ1v) is 9.34. The maximum atomic E-state index is 12.2. The highest BCUT2D eigenvalue weighted by Gasteiger charge is 2.20. The van der Waals surface area contributed by atoms with Crippen LogP contribution in [0, 0.1) is 0 Å². The molecule has 0 saturated carbocycles. The van der Waals surface area contributed by atoms with Crippen LogP contribution < -0.4 is 4.72 Å². The molecule has 0 amide bonds. The van der Waals surface area contributed by atoms with Crippen LogP contribution in [0.1, 0.15) is 23.8 Å². The summed E-state index contributed by atoms with van der Waals surface area (Å²) in [5.74, 6) is 0.877. The van der Waals surface area contributed by atoms with Crippen molar-refractivity contribution in [2.24, 2.45) is 0 Å². The molecule has 0 fully saturated rings. The Morgan fingerprint density at radius 3 is 2.48 bits per heavy atom. The van der Waals surface area contributed by atoms with Crippen molar-refractivity contribution < 1.29 is 12.8 Å². The lowest BCUT2D eigenvalue weighted by Gasteiger charge is -2.22. The van der Waals surface area contributed by atoms with Crippen molar-refractivity contribution >= 4 is 10.0 Å². The summed E-state index contributed by atoms with van der Waals surface area (Å²) in [6, 6.07) is 13.5. The Morgan fingerprint density at radius 1 is 1.13 bits per heavy atom. The lowest BCUT2D eigenvalue weighted by molar-refractivity contribution is 0.259. The third kappa shape index (κ3) is 5.82. The lowest BCUT2D eigenvalue weighted by Crippen LogP contribution is -2.35. The molecule has 1 aromatic heterocycles. The number of hydrogen-bond donors (Lipinski definition) is 1. The summed E-state index contributed by atoms with van der Waals surface area (Å²) in [6.45, 7) is 0.300. The molecule has 1 N–H and O–H groups in total. The molecule has 0 aliphatic heterocycles. The van der Waals surface area contributed by atoms with Crippen molar-refractivity contribution in [1.29, 1.82) is 0 Å². The average Bonchev–Trinajstić information content (AvgIpc) is 3.02. The molecule has 2 aromatic rings. The van der Waals surface area contributed by atoms with E-state index in [1.54, 1.807) is 12.3 Å². The predicted molar refractivity (Wildman–Crippen MR) is 91.7 cm³/mol. The van der Waals surface area contributed by atoms with Crippen molar-refractivity contribution in [3.8, 4) is 0 Å². The van der Waals surface area contributed by atoms with Crippen LogP contribution in [0.5, 0.6) is 0 Å². The molecule has 2 rings (SSSR count). The second-order valence-electron chi connectivity index (χ2n) is 5.75. The molecule has 1 atom stereocenters. The van der Waals surface area contributed by atoms with Crippen LogP contribution >= 0.6 is 0 Å². The highest BCUT2D eigenvalue weighted by molar-refractivity contribution is 7.89. The van der Waals surface area contributed by atoms with Crippen LogP contribution in [-0.4, -0.2) is 39.7 Å². The van der Waals surface area contributed by atoms with E-state index in [1.807, 2.05) is 55.4 Å². The summed E-state index contributed by atoms with van der Waals surface area (Å²) >= 11 is 0. The van der Waals surface area contributed by atoms with Gasteiger partial charge in [-0.2, -0.15) is 0 Å². The zero-order valence-corrected chi connectivity index (χ0v) is 14.4. The van der Waals surface area contributed by atoms with Gasteiger partial charge in [0.1, 0.15) is 5.76 Å². The minimum Gasteiger partial charge on any atom is -0.468 e. The molecule has 1 unspecified atom stereocenters. The number of benzene rings is 1. The first-order chi connectivity index (χ1) is 11.0. The topological polar surface area (TPSA) is 62.6 Å². The highest BCUT2D eigenvalue weighted by atomic mass is 32.2.